The van der Waals surface area contributed by atoms with Gasteiger partial charge in [-0.15, -0.1) is 0 Å². The van der Waals surface area contributed by atoms with E-state index in [1.54, 1.807) is 38.1 Å². The lowest BCUT2D eigenvalue weighted by atomic mass is 9.94. The summed E-state index contributed by atoms with van der Waals surface area (Å²) in [7, 11) is 0. The van der Waals surface area contributed by atoms with Gasteiger partial charge < -0.3 is 24.2 Å². The van der Waals surface area contributed by atoms with Gasteiger partial charge in [0.05, 0.1) is 6.10 Å². The first-order valence-corrected chi connectivity index (χ1v) is 12.1. The highest BCUT2D eigenvalue weighted by Gasteiger charge is 2.42. The van der Waals surface area contributed by atoms with Crippen LogP contribution in [0.2, 0.25) is 0 Å². The number of carboxylic acids is 1. The molecule has 2 atom stereocenters. The van der Waals surface area contributed by atoms with Gasteiger partial charge in [0.2, 0.25) is 5.82 Å². The minimum absolute atomic E-state index is 0.0598. The van der Waals surface area contributed by atoms with Crippen molar-refractivity contribution in [3.63, 3.8) is 0 Å². The lowest BCUT2D eigenvalue weighted by Gasteiger charge is -2.33. The molecule has 1 fully saturated rings. The average molecular weight is 523 g/mol. The van der Waals surface area contributed by atoms with Crippen molar-refractivity contribution < 1.29 is 37.2 Å². The number of alkyl halides is 3. The van der Waals surface area contributed by atoms with E-state index in [4.69, 9.17) is 14.2 Å². The zero-order valence-electron chi connectivity index (χ0n) is 20.5. The Morgan fingerprint density at radius 1 is 1.19 bits per heavy atom. The third kappa shape index (κ3) is 6.55. The maximum absolute atomic E-state index is 13.7. The Bertz CT molecular complexity index is 1210. The second-order valence-corrected chi connectivity index (χ2v) is 9.85. The third-order valence-corrected chi connectivity index (χ3v) is 6.32. The van der Waals surface area contributed by atoms with Crippen molar-refractivity contribution in [2.24, 2.45) is 11.8 Å². The van der Waals surface area contributed by atoms with Crippen LogP contribution in [0.1, 0.15) is 56.1 Å². The number of hydrogen-bond donors (Lipinski definition) is 2. The summed E-state index contributed by atoms with van der Waals surface area (Å²) >= 11 is 0. The number of aliphatic carboxylic acids is 1. The summed E-state index contributed by atoms with van der Waals surface area (Å²) in [5.41, 5.74) is -0.429. The minimum atomic E-state index is -4.70. The number of rotatable bonds is 9. The summed E-state index contributed by atoms with van der Waals surface area (Å²) in [5, 5.41) is 27.1. The van der Waals surface area contributed by atoms with Crippen LogP contribution in [0.25, 0.3) is 23.0 Å². The van der Waals surface area contributed by atoms with E-state index < -0.39 is 35.4 Å². The van der Waals surface area contributed by atoms with Crippen molar-refractivity contribution in [3.05, 3.63) is 41.2 Å². The highest BCUT2D eigenvalue weighted by atomic mass is 19.4. The Labute approximate surface area is 211 Å². The molecular weight excluding hydrogens is 493 g/mol. The number of aromatic nitrogens is 3. The molecule has 0 amide bonds. The van der Waals surface area contributed by atoms with Crippen LogP contribution in [0.4, 0.5) is 13.2 Å². The van der Waals surface area contributed by atoms with Gasteiger partial charge in [0, 0.05) is 31.5 Å². The Morgan fingerprint density at radius 2 is 1.92 bits per heavy atom. The number of piperidine rings is 1. The van der Waals surface area contributed by atoms with Gasteiger partial charge in [-0.05, 0) is 36.8 Å². The van der Waals surface area contributed by atoms with Crippen LogP contribution in [-0.4, -0.2) is 56.0 Å². The first-order valence-electron chi connectivity index (χ1n) is 12.1. The fourth-order valence-electron chi connectivity index (χ4n) is 4.64. The molecule has 37 heavy (non-hydrogen) atoms. The molecule has 0 spiro atoms. The van der Waals surface area contributed by atoms with Crippen LogP contribution in [0.5, 0.6) is 0 Å². The maximum Gasteiger partial charge on any atom is 0.422 e. The molecule has 4 rings (SSSR count). The van der Waals surface area contributed by atoms with Crippen molar-refractivity contribution in [1.29, 1.82) is 0 Å². The van der Waals surface area contributed by atoms with E-state index in [1.807, 2.05) is 0 Å². The predicted octanol–water partition coefficient (Wildman–Crippen LogP) is 4.83. The fraction of sp³-hybridized carbons (Fsp3) is 0.520. The van der Waals surface area contributed by atoms with Crippen molar-refractivity contribution in [1.82, 2.24) is 20.2 Å². The van der Waals surface area contributed by atoms with Crippen LogP contribution in [0.3, 0.4) is 0 Å². The van der Waals surface area contributed by atoms with Gasteiger partial charge >= 0.3 is 12.1 Å². The average Bonchev–Trinajstić information content (AvgIpc) is 3.46. The van der Waals surface area contributed by atoms with Crippen molar-refractivity contribution in [3.8, 4) is 23.0 Å². The monoisotopic (exact) mass is 522 g/mol. The molecule has 0 saturated carbocycles. The minimum Gasteiger partial charge on any atom is -0.481 e. The summed E-state index contributed by atoms with van der Waals surface area (Å²) < 4.78 is 51.3. The van der Waals surface area contributed by atoms with E-state index in [0.717, 1.165) is 19.4 Å². The Balaban J connectivity index is 1.46. The van der Waals surface area contributed by atoms with E-state index in [2.05, 4.69) is 20.2 Å². The van der Waals surface area contributed by atoms with Gasteiger partial charge in [0.25, 0.3) is 5.89 Å². The van der Waals surface area contributed by atoms with E-state index >= 15 is 0 Å². The van der Waals surface area contributed by atoms with Crippen LogP contribution < -0.4 is 0 Å². The third-order valence-electron chi connectivity index (χ3n) is 6.32. The summed E-state index contributed by atoms with van der Waals surface area (Å²) in [6.45, 7) is 5.32. The molecule has 2 aromatic heterocycles. The van der Waals surface area contributed by atoms with E-state index in [0.29, 0.717) is 24.2 Å². The molecule has 1 aromatic carbocycles. The highest BCUT2D eigenvalue weighted by Crippen LogP contribution is 2.40. The summed E-state index contributed by atoms with van der Waals surface area (Å²) in [5.74, 6) is -1.43. The molecule has 1 aliphatic rings. The molecule has 0 bridgehead atoms. The summed E-state index contributed by atoms with van der Waals surface area (Å²) in [6.07, 6.45) is -3.57. The van der Waals surface area contributed by atoms with E-state index in [-0.39, 0.29) is 36.3 Å². The second kappa shape index (κ2) is 11.0. The SMILES string of the molecule is CC(C)Cc1onc(-c2nc(-c3ccc(C(O)CN4CCCC(CC(=O)O)C4)cc3)no2)c1C(F)(F)F. The molecule has 9 nitrogen and oxygen atoms in total. The number of benzene rings is 1. The van der Waals surface area contributed by atoms with E-state index in [1.165, 1.54) is 0 Å². The Kier molecular flexibility index (Phi) is 7.98. The second-order valence-electron chi connectivity index (χ2n) is 9.85. The van der Waals surface area contributed by atoms with Crippen LogP contribution in [-0.2, 0) is 17.4 Å². The molecule has 0 radical (unpaired) electrons. The molecular formula is C25H29F3N4O5. The molecule has 1 saturated heterocycles. The van der Waals surface area contributed by atoms with Gasteiger partial charge in [-0.3, -0.25) is 4.79 Å². The highest BCUT2D eigenvalue weighted by molar-refractivity contribution is 5.67. The number of β-amino-alcohol motifs (C(OH)–C–C–N with tert-alkyl or cyclic N) is 1. The zero-order valence-corrected chi connectivity index (χ0v) is 20.5. The van der Waals surface area contributed by atoms with E-state index in [9.17, 15) is 23.1 Å². The van der Waals surface area contributed by atoms with Crippen LogP contribution >= 0.6 is 0 Å². The number of nitrogens with zero attached hydrogens (tertiary/aromatic N) is 4. The topological polar surface area (TPSA) is 126 Å². The first kappa shape index (κ1) is 26.8. The summed E-state index contributed by atoms with van der Waals surface area (Å²) in [6, 6.07) is 6.67. The van der Waals surface area contributed by atoms with Crippen LogP contribution in [0.15, 0.2) is 33.3 Å². The molecule has 1 aliphatic heterocycles. The number of aliphatic hydroxyl groups excluding tert-OH is 1. The number of likely N-dealkylation sites (tertiary alicyclic amines) is 1. The molecule has 2 unspecified atom stereocenters. The quantitative estimate of drug-likeness (QED) is 0.406. The lowest BCUT2D eigenvalue weighted by Crippen LogP contribution is -2.38. The predicted molar refractivity (Wildman–Crippen MR) is 125 cm³/mol. The Morgan fingerprint density at radius 3 is 2.57 bits per heavy atom. The number of carbonyl (C=O) groups is 1. The van der Waals surface area contributed by atoms with Crippen molar-refractivity contribution in [2.75, 3.05) is 19.6 Å². The number of halogens is 3. The molecule has 200 valence electrons. The molecule has 3 heterocycles. The standard InChI is InChI=1S/C25H29F3N4O5/c1-14(2)10-19-21(25(26,27)28)22(30-36-19)24-29-23(31-37-24)17-7-5-16(6-8-17)18(33)13-32-9-3-4-15(12-32)11-20(34)35/h5-8,14-15,18,33H,3-4,9-13H2,1-2H3,(H,34,35). The molecule has 2 N–H and O–H groups in total. The van der Waals surface area contributed by atoms with Gasteiger partial charge in [-0.2, -0.15) is 18.2 Å². The number of aliphatic hydroxyl groups is 1. The first-order chi connectivity index (χ1) is 17.5. The van der Waals surface area contributed by atoms with Crippen molar-refractivity contribution >= 4 is 5.97 Å². The largest absolute Gasteiger partial charge is 0.481 e. The van der Waals surface area contributed by atoms with Gasteiger partial charge in [-0.1, -0.05) is 48.4 Å². The lowest BCUT2D eigenvalue weighted by molar-refractivity contribution is -0.139. The fourth-order valence-corrected chi connectivity index (χ4v) is 4.64. The molecule has 3 aromatic rings. The molecule has 12 heteroatoms. The Hall–Kier alpha value is -3.25. The van der Waals surface area contributed by atoms with Crippen molar-refractivity contribution in [2.45, 2.75) is 51.8 Å². The van der Waals surface area contributed by atoms with Gasteiger partial charge in [-0.25, -0.2) is 0 Å². The summed E-state index contributed by atoms with van der Waals surface area (Å²) in [4.78, 5) is 17.2. The normalized spacial score (nSPS) is 17.9. The molecule has 0 aliphatic carbocycles. The number of hydrogen-bond acceptors (Lipinski definition) is 8. The smallest absolute Gasteiger partial charge is 0.422 e. The van der Waals surface area contributed by atoms with Crippen LogP contribution in [0, 0.1) is 11.8 Å². The zero-order chi connectivity index (χ0) is 26.7. The van der Waals surface area contributed by atoms with Gasteiger partial charge in [0.1, 0.15) is 11.3 Å². The van der Waals surface area contributed by atoms with Gasteiger partial charge in [0.15, 0.2) is 5.69 Å². The number of carboxylic acid groups (broad SMARTS) is 1. The maximum atomic E-state index is 13.7.